The Morgan fingerprint density at radius 1 is 0.758 bits per heavy atom. The van der Waals surface area contributed by atoms with E-state index in [1.807, 2.05) is 87.5 Å². The van der Waals surface area contributed by atoms with Crippen LogP contribution in [0.2, 0.25) is 0 Å². The van der Waals surface area contributed by atoms with E-state index in [9.17, 15) is 0 Å². The molecule has 0 aliphatic heterocycles. The van der Waals surface area contributed by atoms with E-state index in [1.165, 1.54) is 5.56 Å². The summed E-state index contributed by atoms with van der Waals surface area (Å²) in [5.74, 6) is 0. The predicted octanol–water partition coefficient (Wildman–Crippen LogP) is 7.81. The van der Waals surface area contributed by atoms with Crippen LogP contribution in [0.25, 0.3) is 22.8 Å². The number of allylic oxidation sites excluding steroid dienone is 1. The topological polar surface area (TPSA) is 51.0 Å². The zero-order valence-electron chi connectivity index (χ0n) is 20.2. The quantitative estimate of drug-likeness (QED) is 0.306. The summed E-state index contributed by atoms with van der Waals surface area (Å²) in [6.45, 7) is 13.7. The lowest BCUT2D eigenvalue weighted by Gasteiger charge is -2.06. The van der Waals surface area contributed by atoms with E-state index in [1.54, 1.807) is 18.5 Å². The average Bonchev–Trinajstić information content (AvgIpc) is 2.87. The molecular formula is C29H32N4. The molecule has 33 heavy (non-hydrogen) atoms. The van der Waals surface area contributed by atoms with Crippen LogP contribution in [0.15, 0.2) is 103 Å². The zero-order valence-corrected chi connectivity index (χ0v) is 20.2. The molecule has 1 aromatic carbocycles. The molecule has 0 radical (unpaired) electrons. The summed E-state index contributed by atoms with van der Waals surface area (Å²) in [4.78, 5) is 17.7. The second-order valence-electron chi connectivity index (χ2n) is 7.09. The highest BCUT2D eigenvalue weighted by Crippen LogP contribution is 2.22. The molecule has 0 spiro atoms. The first-order chi connectivity index (χ1) is 16.1. The van der Waals surface area contributed by atoms with Gasteiger partial charge in [-0.25, -0.2) is 4.98 Å². The van der Waals surface area contributed by atoms with Gasteiger partial charge in [-0.05, 0) is 80.4 Å². The third-order valence-corrected chi connectivity index (χ3v) is 4.53. The van der Waals surface area contributed by atoms with E-state index < -0.39 is 0 Å². The second-order valence-corrected chi connectivity index (χ2v) is 7.09. The molecule has 3 heterocycles. The molecule has 0 saturated heterocycles. The van der Waals surface area contributed by atoms with Crippen molar-refractivity contribution in [2.24, 2.45) is 4.99 Å². The van der Waals surface area contributed by atoms with Crippen molar-refractivity contribution in [3.63, 3.8) is 0 Å². The fourth-order valence-corrected chi connectivity index (χ4v) is 2.88. The fraction of sp³-hybridized carbons (Fsp3) is 0.172. The van der Waals surface area contributed by atoms with Crippen LogP contribution in [0.5, 0.6) is 0 Å². The van der Waals surface area contributed by atoms with Crippen LogP contribution in [0.4, 0.5) is 5.69 Å². The van der Waals surface area contributed by atoms with Gasteiger partial charge in [0.05, 0.1) is 28.5 Å². The molecular weight excluding hydrogens is 404 g/mol. The Hall–Kier alpha value is -3.92. The molecule has 4 aromatic rings. The molecule has 4 nitrogen and oxygen atoms in total. The van der Waals surface area contributed by atoms with Crippen molar-refractivity contribution >= 4 is 11.4 Å². The van der Waals surface area contributed by atoms with Crippen molar-refractivity contribution in [2.75, 3.05) is 0 Å². The Labute approximate surface area is 197 Å². The molecule has 168 valence electrons. The van der Waals surface area contributed by atoms with Crippen LogP contribution in [-0.4, -0.2) is 20.7 Å². The van der Waals surface area contributed by atoms with Crippen LogP contribution < -0.4 is 0 Å². The Morgan fingerprint density at radius 2 is 1.27 bits per heavy atom. The minimum Gasteiger partial charge on any atom is -0.255 e. The Balaban J connectivity index is 0.000000238. The average molecular weight is 437 g/mol. The van der Waals surface area contributed by atoms with Crippen LogP contribution in [0.3, 0.4) is 0 Å². The highest BCUT2D eigenvalue weighted by atomic mass is 14.8. The van der Waals surface area contributed by atoms with E-state index in [-0.39, 0.29) is 0 Å². The summed E-state index contributed by atoms with van der Waals surface area (Å²) in [5, 5.41) is 0. The van der Waals surface area contributed by atoms with Gasteiger partial charge in [0.25, 0.3) is 0 Å². The number of para-hydroxylation sites is 1. The highest BCUT2D eigenvalue weighted by Gasteiger charge is 2.06. The van der Waals surface area contributed by atoms with Crippen LogP contribution in [-0.2, 0) is 0 Å². The number of aryl methyl sites for hydroxylation is 2. The molecule has 0 saturated carbocycles. The minimum absolute atomic E-state index is 0.876. The summed E-state index contributed by atoms with van der Waals surface area (Å²) in [6, 6.07) is 23.8. The van der Waals surface area contributed by atoms with Crippen molar-refractivity contribution in [2.45, 2.75) is 34.6 Å². The number of aliphatic imine (C=N–C) groups is 1. The predicted molar refractivity (Wildman–Crippen MR) is 141 cm³/mol. The van der Waals surface area contributed by atoms with Gasteiger partial charge in [0.2, 0.25) is 0 Å². The number of nitrogens with zero attached hydrogens (tertiary/aromatic N) is 4. The van der Waals surface area contributed by atoms with E-state index in [0.29, 0.717) is 0 Å². The number of pyridine rings is 3. The number of hydrogen-bond acceptors (Lipinski definition) is 4. The summed E-state index contributed by atoms with van der Waals surface area (Å²) in [6.07, 6.45) is 5.31. The third kappa shape index (κ3) is 7.93. The molecule has 0 aliphatic carbocycles. The zero-order chi connectivity index (χ0) is 24.1. The molecule has 0 atom stereocenters. The molecule has 0 fully saturated rings. The maximum atomic E-state index is 4.65. The maximum absolute atomic E-state index is 4.65. The van der Waals surface area contributed by atoms with Gasteiger partial charge < -0.3 is 0 Å². The van der Waals surface area contributed by atoms with E-state index in [2.05, 4.69) is 46.4 Å². The lowest BCUT2D eigenvalue weighted by atomic mass is 10.1. The Bertz CT molecular complexity index is 1110. The van der Waals surface area contributed by atoms with Crippen molar-refractivity contribution in [3.8, 4) is 22.8 Å². The van der Waals surface area contributed by atoms with Gasteiger partial charge in [0, 0.05) is 18.1 Å². The highest BCUT2D eigenvalue weighted by molar-refractivity contribution is 5.94. The number of hydrogen-bond donors (Lipinski definition) is 0. The molecule has 3 aromatic heterocycles. The fourth-order valence-electron chi connectivity index (χ4n) is 2.88. The van der Waals surface area contributed by atoms with E-state index in [4.69, 9.17) is 0 Å². The van der Waals surface area contributed by atoms with Crippen LogP contribution in [0, 0.1) is 13.8 Å². The smallest absolute Gasteiger partial charge is 0.0896 e. The van der Waals surface area contributed by atoms with Crippen molar-refractivity contribution in [3.05, 3.63) is 109 Å². The molecule has 0 aliphatic rings. The van der Waals surface area contributed by atoms with Gasteiger partial charge in [-0.3, -0.25) is 15.0 Å². The van der Waals surface area contributed by atoms with Crippen LogP contribution in [0.1, 0.15) is 31.9 Å². The Morgan fingerprint density at radius 3 is 1.73 bits per heavy atom. The minimum atomic E-state index is 0.876. The molecule has 0 unspecified atom stereocenters. The summed E-state index contributed by atoms with van der Waals surface area (Å²) in [7, 11) is 0. The monoisotopic (exact) mass is 436 g/mol. The first-order valence-electron chi connectivity index (χ1n) is 11.1. The van der Waals surface area contributed by atoms with E-state index in [0.717, 1.165) is 39.7 Å². The standard InChI is InChI=1S/C16H13N3.C11H13N.C2H6/c1-12-10-15(13-6-2-4-8-17-13)19-16(11-12)14-7-3-5-9-18-14;1-4-10(3)12-11-8-6-5-7-9(11)2;1-2/h2-11H,1H3;4-8H,1H2,2-3H3;1-2H3. The summed E-state index contributed by atoms with van der Waals surface area (Å²) in [5.41, 5.74) is 7.82. The van der Waals surface area contributed by atoms with Crippen molar-refractivity contribution in [1.82, 2.24) is 15.0 Å². The number of benzene rings is 1. The lowest BCUT2D eigenvalue weighted by molar-refractivity contribution is 1.20. The van der Waals surface area contributed by atoms with Gasteiger partial charge in [-0.15, -0.1) is 0 Å². The maximum Gasteiger partial charge on any atom is 0.0896 e. The third-order valence-electron chi connectivity index (χ3n) is 4.53. The molecule has 0 N–H and O–H groups in total. The lowest BCUT2D eigenvalue weighted by Crippen LogP contribution is -1.93. The summed E-state index contributed by atoms with van der Waals surface area (Å²) < 4.78 is 0. The number of rotatable bonds is 4. The van der Waals surface area contributed by atoms with Crippen molar-refractivity contribution < 1.29 is 0 Å². The second kappa shape index (κ2) is 13.5. The van der Waals surface area contributed by atoms with Crippen molar-refractivity contribution in [1.29, 1.82) is 0 Å². The van der Waals surface area contributed by atoms with Gasteiger partial charge >= 0.3 is 0 Å². The molecule has 0 bridgehead atoms. The largest absolute Gasteiger partial charge is 0.255 e. The van der Waals surface area contributed by atoms with Gasteiger partial charge in [-0.2, -0.15) is 0 Å². The Kier molecular flexibility index (Phi) is 10.4. The summed E-state index contributed by atoms with van der Waals surface area (Å²) >= 11 is 0. The first-order valence-corrected chi connectivity index (χ1v) is 11.1. The molecule has 4 rings (SSSR count). The van der Waals surface area contributed by atoms with Crippen LogP contribution >= 0.6 is 0 Å². The molecule has 4 heteroatoms. The SMILES string of the molecule is C=CC(C)=Nc1ccccc1C.CC.Cc1cc(-c2ccccn2)nc(-c2ccccn2)c1. The van der Waals surface area contributed by atoms with E-state index >= 15 is 0 Å². The van der Waals surface area contributed by atoms with Gasteiger partial charge in [0.15, 0.2) is 0 Å². The molecule has 0 amide bonds. The first kappa shape index (κ1) is 25.3. The normalized spacial score (nSPS) is 10.3. The van der Waals surface area contributed by atoms with Gasteiger partial charge in [0.1, 0.15) is 0 Å². The number of aromatic nitrogens is 3. The van der Waals surface area contributed by atoms with Gasteiger partial charge in [-0.1, -0.05) is 50.8 Å².